The molecule has 0 radical (unpaired) electrons. The zero-order valence-corrected chi connectivity index (χ0v) is 9.28. The second kappa shape index (κ2) is 7.53. The summed E-state index contributed by atoms with van der Waals surface area (Å²) in [7, 11) is 1.31. The number of methoxy groups -OCH3 is 1. The van der Waals surface area contributed by atoms with E-state index in [2.05, 4.69) is 11.3 Å². The number of esters is 1. The molecule has 0 fully saturated rings. The summed E-state index contributed by atoms with van der Waals surface area (Å²) in [6.45, 7) is 8.18. The SMILES string of the molecule is C=CC(=O)OC.CC(O)CC(C)(C)O. The van der Waals surface area contributed by atoms with Crippen molar-refractivity contribution < 1.29 is 19.7 Å². The molecule has 0 amide bonds. The maximum absolute atomic E-state index is 9.84. The van der Waals surface area contributed by atoms with Gasteiger partial charge in [0.1, 0.15) is 0 Å². The van der Waals surface area contributed by atoms with Gasteiger partial charge in [0.2, 0.25) is 0 Å². The summed E-state index contributed by atoms with van der Waals surface area (Å²) >= 11 is 0. The van der Waals surface area contributed by atoms with E-state index in [0.29, 0.717) is 6.42 Å². The van der Waals surface area contributed by atoms with Gasteiger partial charge in [0, 0.05) is 12.5 Å². The van der Waals surface area contributed by atoms with E-state index in [0.717, 1.165) is 6.08 Å². The second-order valence-corrected chi connectivity index (χ2v) is 3.59. The van der Waals surface area contributed by atoms with Crippen LogP contribution in [0.15, 0.2) is 12.7 Å². The molecule has 0 aromatic carbocycles. The fourth-order valence-electron chi connectivity index (χ4n) is 0.806. The molecule has 14 heavy (non-hydrogen) atoms. The van der Waals surface area contributed by atoms with Gasteiger partial charge in [-0.05, 0) is 20.8 Å². The standard InChI is InChI=1S/C6H14O2.C4H6O2/c1-5(7)4-6(2,3)8;1-3-4(5)6-2/h5,7-8H,4H2,1-3H3;3H,1H2,2H3. The molecule has 4 nitrogen and oxygen atoms in total. The van der Waals surface area contributed by atoms with Gasteiger partial charge < -0.3 is 14.9 Å². The third-order valence-electron chi connectivity index (χ3n) is 1.16. The number of ether oxygens (including phenoxy) is 1. The van der Waals surface area contributed by atoms with Crippen LogP contribution < -0.4 is 0 Å². The monoisotopic (exact) mass is 204 g/mol. The van der Waals surface area contributed by atoms with Crippen molar-refractivity contribution in [2.24, 2.45) is 0 Å². The summed E-state index contributed by atoms with van der Waals surface area (Å²) in [5.41, 5.74) is -0.728. The minimum absolute atomic E-state index is 0.394. The first-order valence-electron chi connectivity index (χ1n) is 4.33. The lowest BCUT2D eigenvalue weighted by Gasteiger charge is -2.17. The molecule has 84 valence electrons. The van der Waals surface area contributed by atoms with E-state index in [1.165, 1.54) is 7.11 Å². The molecule has 0 spiro atoms. The molecule has 1 unspecified atom stereocenters. The van der Waals surface area contributed by atoms with Crippen LogP contribution in [0.2, 0.25) is 0 Å². The molecular formula is C10H20O4. The van der Waals surface area contributed by atoms with E-state index in [4.69, 9.17) is 10.2 Å². The molecule has 0 aliphatic carbocycles. The highest BCUT2D eigenvalue weighted by atomic mass is 16.5. The maximum Gasteiger partial charge on any atom is 0.329 e. The molecule has 0 aromatic rings. The molecule has 0 saturated carbocycles. The van der Waals surface area contributed by atoms with E-state index in [-0.39, 0.29) is 0 Å². The van der Waals surface area contributed by atoms with E-state index in [1.807, 2.05) is 0 Å². The van der Waals surface area contributed by atoms with Crippen LogP contribution in [0, 0.1) is 0 Å². The molecule has 0 heterocycles. The number of hydrogen-bond donors (Lipinski definition) is 2. The van der Waals surface area contributed by atoms with Crippen molar-refractivity contribution in [1.29, 1.82) is 0 Å². The maximum atomic E-state index is 9.84. The van der Waals surface area contributed by atoms with E-state index < -0.39 is 17.7 Å². The average Bonchev–Trinajstić information content (AvgIpc) is 1.99. The highest BCUT2D eigenvalue weighted by Crippen LogP contribution is 2.09. The Hall–Kier alpha value is -0.870. The third kappa shape index (κ3) is 17.3. The molecule has 0 rings (SSSR count). The molecule has 0 saturated heterocycles. The highest BCUT2D eigenvalue weighted by Gasteiger charge is 2.14. The predicted molar refractivity (Wildman–Crippen MR) is 54.8 cm³/mol. The fraction of sp³-hybridized carbons (Fsp3) is 0.700. The molecule has 0 aliphatic heterocycles. The minimum Gasteiger partial charge on any atom is -0.466 e. The zero-order chi connectivity index (χ0) is 11.8. The van der Waals surface area contributed by atoms with E-state index in [9.17, 15) is 4.79 Å². The molecule has 4 heteroatoms. The van der Waals surface area contributed by atoms with Crippen molar-refractivity contribution in [2.75, 3.05) is 7.11 Å². The van der Waals surface area contributed by atoms with Crippen LogP contribution >= 0.6 is 0 Å². The van der Waals surface area contributed by atoms with Crippen LogP contribution in [-0.2, 0) is 9.53 Å². The molecule has 0 bridgehead atoms. The molecular weight excluding hydrogens is 184 g/mol. The van der Waals surface area contributed by atoms with Crippen LogP contribution in [-0.4, -0.2) is 35.0 Å². The van der Waals surface area contributed by atoms with Crippen LogP contribution in [0.3, 0.4) is 0 Å². The first-order chi connectivity index (χ1) is 6.22. The number of rotatable bonds is 3. The molecule has 0 aromatic heterocycles. The van der Waals surface area contributed by atoms with Crippen molar-refractivity contribution in [2.45, 2.75) is 38.9 Å². The Bertz CT molecular complexity index is 167. The number of hydrogen-bond acceptors (Lipinski definition) is 4. The predicted octanol–water partition coefficient (Wildman–Crippen LogP) is 0.874. The summed E-state index contributed by atoms with van der Waals surface area (Å²) in [6, 6.07) is 0. The average molecular weight is 204 g/mol. The fourth-order valence-corrected chi connectivity index (χ4v) is 0.806. The van der Waals surface area contributed by atoms with Crippen LogP contribution in [0.1, 0.15) is 27.2 Å². The summed E-state index contributed by atoms with van der Waals surface area (Å²) < 4.78 is 4.14. The third-order valence-corrected chi connectivity index (χ3v) is 1.16. The number of aliphatic hydroxyl groups is 2. The Morgan fingerprint density at radius 3 is 2.07 bits per heavy atom. The normalized spacial score (nSPS) is 12.1. The quantitative estimate of drug-likeness (QED) is 0.529. The van der Waals surface area contributed by atoms with Crippen molar-refractivity contribution in [1.82, 2.24) is 0 Å². The first-order valence-corrected chi connectivity index (χ1v) is 4.33. The van der Waals surface area contributed by atoms with Gasteiger partial charge in [-0.2, -0.15) is 0 Å². The van der Waals surface area contributed by atoms with E-state index in [1.54, 1.807) is 20.8 Å². The van der Waals surface area contributed by atoms with E-state index >= 15 is 0 Å². The summed E-state index contributed by atoms with van der Waals surface area (Å²) in [5, 5.41) is 17.8. The first kappa shape index (κ1) is 15.6. The van der Waals surface area contributed by atoms with Gasteiger partial charge in [-0.1, -0.05) is 6.58 Å². The Morgan fingerprint density at radius 1 is 1.64 bits per heavy atom. The largest absolute Gasteiger partial charge is 0.466 e. The van der Waals surface area contributed by atoms with Crippen molar-refractivity contribution in [3.05, 3.63) is 12.7 Å². The summed E-state index contributed by atoms with van der Waals surface area (Å²) in [5.74, 6) is -0.394. The lowest BCUT2D eigenvalue weighted by Crippen LogP contribution is -2.24. The highest BCUT2D eigenvalue weighted by molar-refractivity contribution is 5.80. The van der Waals surface area contributed by atoms with Crippen LogP contribution in [0.25, 0.3) is 0 Å². The smallest absolute Gasteiger partial charge is 0.329 e. The van der Waals surface area contributed by atoms with Gasteiger partial charge in [0.15, 0.2) is 0 Å². The van der Waals surface area contributed by atoms with Gasteiger partial charge in [-0.15, -0.1) is 0 Å². The molecule has 0 aliphatic rings. The van der Waals surface area contributed by atoms with Crippen molar-refractivity contribution in [3.8, 4) is 0 Å². The Labute approximate surface area is 85.2 Å². The van der Waals surface area contributed by atoms with Crippen molar-refractivity contribution in [3.63, 3.8) is 0 Å². The Kier molecular flexibility index (Phi) is 8.38. The second-order valence-electron chi connectivity index (χ2n) is 3.59. The summed E-state index contributed by atoms with van der Waals surface area (Å²) in [6.07, 6.45) is 1.14. The topological polar surface area (TPSA) is 66.8 Å². The number of carbonyl (C=O) groups excluding carboxylic acids is 1. The number of aliphatic hydroxyl groups excluding tert-OH is 1. The lowest BCUT2D eigenvalue weighted by molar-refractivity contribution is -0.134. The van der Waals surface area contributed by atoms with Gasteiger partial charge >= 0.3 is 5.97 Å². The zero-order valence-electron chi connectivity index (χ0n) is 9.28. The Morgan fingerprint density at radius 2 is 2.07 bits per heavy atom. The van der Waals surface area contributed by atoms with Gasteiger partial charge in [-0.3, -0.25) is 0 Å². The van der Waals surface area contributed by atoms with Gasteiger partial charge in [0.25, 0.3) is 0 Å². The van der Waals surface area contributed by atoms with Crippen molar-refractivity contribution >= 4 is 5.97 Å². The molecule has 1 atom stereocenters. The number of carbonyl (C=O) groups is 1. The summed E-state index contributed by atoms with van der Waals surface area (Å²) in [4.78, 5) is 9.84. The van der Waals surface area contributed by atoms with Crippen LogP contribution in [0.5, 0.6) is 0 Å². The van der Waals surface area contributed by atoms with Crippen LogP contribution in [0.4, 0.5) is 0 Å². The lowest BCUT2D eigenvalue weighted by atomic mass is 10.0. The van der Waals surface area contributed by atoms with Gasteiger partial charge in [-0.25, -0.2) is 4.79 Å². The van der Waals surface area contributed by atoms with Gasteiger partial charge in [0.05, 0.1) is 18.8 Å². The Balaban J connectivity index is 0. The molecule has 2 N–H and O–H groups in total. The minimum atomic E-state index is -0.728.